The standard InChI is InChI=1S/C24H28N2O2/c27-22-12-11-21(18-7-3-1-4-8-18)23-20-13-17(15-26(22)23)14-25(16-20)24(28)19-9-5-2-6-10-19/h1,3-4,7-8,11-12,17,19-20H,2,5-6,9-10,13-16H2. The van der Waals surface area contributed by atoms with Crippen molar-refractivity contribution in [1.82, 2.24) is 9.47 Å². The van der Waals surface area contributed by atoms with Crippen molar-refractivity contribution < 1.29 is 4.79 Å². The molecule has 0 radical (unpaired) electrons. The topological polar surface area (TPSA) is 42.3 Å². The summed E-state index contributed by atoms with van der Waals surface area (Å²) >= 11 is 0. The molecule has 1 aromatic carbocycles. The van der Waals surface area contributed by atoms with E-state index in [0.717, 1.165) is 55.7 Å². The molecule has 2 atom stereocenters. The zero-order chi connectivity index (χ0) is 19.1. The van der Waals surface area contributed by atoms with E-state index >= 15 is 0 Å². The number of piperidine rings is 1. The molecule has 1 saturated carbocycles. The maximum atomic E-state index is 13.2. The minimum absolute atomic E-state index is 0.0939. The summed E-state index contributed by atoms with van der Waals surface area (Å²) in [6.45, 7) is 2.31. The van der Waals surface area contributed by atoms with Gasteiger partial charge in [0.2, 0.25) is 5.91 Å². The first-order valence-corrected chi connectivity index (χ1v) is 10.8. The van der Waals surface area contributed by atoms with E-state index in [2.05, 4.69) is 17.0 Å². The van der Waals surface area contributed by atoms with E-state index in [1.165, 1.54) is 19.3 Å². The number of carbonyl (C=O) groups excluding carboxylic acids is 1. The molecule has 1 aromatic heterocycles. The van der Waals surface area contributed by atoms with Gasteiger partial charge in [-0.05, 0) is 36.8 Å². The molecule has 4 heteroatoms. The Hall–Kier alpha value is -2.36. The van der Waals surface area contributed by atoms with Gasteiger partial charge >= 0.3 is 0 Å². The molecule has 2 aliphatic heterocycles. The highest BCUT2D eigenvalue weighted by molar-refractivity contribution is 5.79. The Morgan fingerprint density at radius 3 is 2.46 bits per heavy atom. The normalized spacial score (nSPS) is 24.6. The highest BCUT2D eigenvalue weighted by Gasteiger charge is 2.39. The van der Waals surface area contributed by atoms with Crippen LogP contribution in [0.15, 0.2) is 47.3 Å². The van der Waals surface area contributed by atoms with Gasteiger partial charge in [-0.2, -0.15) is 0 Å². The molecule has 28 heavy (non-hydrogen) atoms. The van der Waals surface area contributed by atoms with Gasteiger partial charge in [0.15, 0.2) is 0 Å². The van der Waals surface area contributed by atoms with Gasteiger partial charge in [0.25, 0.3) is 5.56 Å². The monoisotopic (exact) mass is 376 g/mol. The Labute approximate surface area is 166 Å². The first-order valence-electron chi connectivity index (χ1n) is 10.8. The molecule has 2 fully saturated rings. The minimum Gasteiger partial charge on any atom is -0.341 e. The van der Waals surface area contributed by atoms with Gasteiger partial charge in [-0.3, -0.25) is 9.59 Å². The third-order valence-corrected chi connectivity index (χ3v) is 6.94. The van der Waals surface area contributed by atoms with E-state index in [9.17, 15) is 9.59 Å². The molecule has 0 spiro atoms. The lowest BCUT2D eigenvalue weighted by atomic mass is 9.79. The predicted octanol–water partition coefficient (Wildman–Crippen LogP) is 4.04. The Bertz CT molecular complexity index is 927. The van der Waals surface area contributed by atoms with E-state index in [1.54, 1.807) is 6.07 Å². The van der Waals surface area contributed by atoms with Crippen LogP contribution in [0.5, 0.6) is 0 Å². The van der Waals surface area contributed by atoms with Gasteiger partial charge in [0.1, 0.15) is 0 Å². The lowest BCUT2D eigenvalue weighted by molar-refractivity contribution is -0.139. The lowest BCUT2D eigenvalue weighted by Gasteiger charge is -2.44. The molecule has 2 aromatic rings. The number of amides is 1. The fourth-order valence-corrected chi connectivity index (χ4v) is 5.66. The molecule has 4 nitrogen and oxygen atoms in total. The largest absolute Gasteiger partial charge is 0.341 e. The van der Waals surface area contributed by atoms with Crippen molar-refractivity contribution in [2.45, 2.75) is 51.0 Å². The van der Waals surface area contributed by atoms with Gasteiger partial charge in [0.05, 0.1) is 0 Å². The van der Waals surface area contributed by atoms with Crippen LogP contribution in [0.3, 0.4) is 0 Å². The zero-order valence-electron chi connectivity index (χ0n) is 16.3. The van der Waals surface area contributed by atoms with E-state index in [-0.39, 0.29) is 17.4 Å². The van der Waals surface area contributed by atoms with Crippen LogP contribution in [0.4, 0.5) is 0 Å². The van der Waals surface area contributed by atoms with Crippen LogP contribution >= 0.6 is 0 Å². The van der Waals surface area contributed by atoms with E-state index < -0.39 is 0 Å². The maximum absolute atomic E-state index is 13.2. The van der Waals surface area contributed by atoms with Gasteiger partial charge in [-0.1, -0.05) is 49.6 Å². The number of aromatic nitrogens is 1. The molecule has 5 rings (SSSR count). The molecule has 3 heterocycles. The molecule has 146 valence electrons. The van der Waals surface area contributed by atoms with Gasteiger partial charge in [0, 0.05) is 48.8 Å². The Morgan fingerprint density at radius 2 is 1.68 bits per heavy atom. The molecular weight excluding hydrogens is 348 g/mol. The number of likely N-dealkylation sites (tertiary alicyclic amines) is 1. The summed E-state index contributed by atoms with van der Waals surface area (Å²) < 4.78 is 1.99. The summed E-state index contributed by atoms with van der Waals surface area (Å²) in [5.74, 6) is 1.23. The number of fused-ring (bicyclic) bond motifs is 4. The second-order valence-electron chi connectivity index (χ2n) is 8.82. The SMILES string of the molecule is O=C(C1CCCCC1)N1CC2CC(C1)c1c(-c3ccccc3)ccc(=O)n1C2. The minimum atomic E-state index is 0.0939. The highest BCUT2D eigenvalue weighted by atomic mass is 16.2. The Balaban J connectivity index is 1.49. The van der Waals surface area contributed by atoms with Crippen LogP contribution in [-0.2, 0) is 11.3 Å². The predicted molar refractivity (Wildman–Crippen MR) is 110 cm³/mol. The van der Waals surface area contributed by atoms with Crippen molar-refractivity contribution >= 4 is 5.91 Å². The van der Waals surface area contributed by atoms with Crippen LogP contribution in [0.2, 0.25) is 0 Å². The Morgan fingerprint density at radius 1 is 0.893 bits per heavy atom. The molecule has 1 amide bonds. The fourth-order valence-electron chi connectivity index (χ4n) is 5.66. The summed E-state index contributed by atoms with van der Waals surface area (Å²) in [6, 6.07) is 14.0. The average molecular weight is 377 g/mol. The summed E-state index contributed by atoms with van der Waals surface area (Å²) in [7, 11) is 0. The van der Waals surface area contributed by atoms with Crippen molar-refractivity contribution in [2.75, 3.05) is 13.1 Å². The summed E-state index contributed by atoms with van der Waals surface area (Å²) in [5.41, 5.74) is 3.53. The number of hydrogen-bond acceptors (Lipinski definition) is 2. The summed E-state index contributed by atoms with van der Waals surface area (Å²) in [4.78, 5) is 27.9. The lowest BCUT2D eigenvalue weighted by Crippen LogP contribution is -2.51. The van der Waals surface area contributed by atoms with Crippen molar-refractivity contribution in [2.24, 2.45) is 11.8 Å². The second kappa shape index (κ2) is 7.23. The number of rotatable bonds is 2. The van der Waals surface area contributed by atoms with Crippen molar-refractivity contribution in [3.8, 4) is 11.1 Å². The van der Waals surface area contributed by atoms with E-state index in [4.69, 9.17) is 0 Å². The van der Waals surface area contributed by atoms with E-state index in [0.29, 0.717) is 11.8 Å². The molecule has 2 bridgehead atoms. The number of nitrogens with zero attached hydrogens (tertiary/aromatic N) is 2. The van der Waals surface area contributed by atoms with Gasteiger partial charge < -0.3 is 9.47 Å². The smallest absolute Gasteiger partial charge is 0.250 e. The third kappa shape index (κ3) is 3.09. The number of benzene rings is 1. The molecule has 1 aliphatic carbocycles. The highest BCUT2D eigenvalue weighted by Crippen LogP contribution is 2.40. The van der Waals surface area contributed by atoms with Crippen LogP contribution in [0, 0.1) is 11.8 Å². The van der Waals surface area contributed by atoms with Crippen molar-refractivity contribution in [3.05, 3.63) is 58.5 Å². The Kier molecular flexibility index (Phi) is 4.58. The average Bonchev–Trinajstić information content (AvgIpc) is 2.75. The number of carbonyl (C=O) groups is 1. The van der Waals surface area contributed by atoms with E-state index in [1.807, 2.05) is 28.8 Å². The summed E-state index contributed by atoms with van der Waals surface area (Å²) in [5, 5.41) is 0. The van der Waals surface area contributed by atoms with Crippen LogP contribution in [0.25, 0.3) is 11.1 Å². The first kappa shape index (κ1) is 17.7. The van der Waals surface area contributed by atoms with Crippen LogP contribution in [0.1, 0.15) is 50.1 Å². The number of hydrogen-bond donors (Lipinski definition) is 0. The molecular formula is C24H28N2O2. The fraction of sp³-hybridized carbons (Fsp3) is 0.500. The van der Waals surface area contributed by atoms with Crippen LogP contribution < -0.4 is 5.56 Å². The molecule has 0 N–H and O–H groups in total. The number of pyridine rings is 1. The maximum Gasteiger partial charge on any atom is 0.250 e. The molecule has 3 aliphatic rings. The van der Waals surface area contributed by atoms with Crippen LogP contribution in [-0.4, -0.2) is 28.5 Å². The summed E-state index contributed by atoms with van der Waals surface area (Å²) in [6.07, 6.45) is 6.83. The van der Waals surface area contributed by atoms with Crippen molar-refractivity contribution in [3.63, 3.8) is 0 Å². The third-order valence-electron chi connectivity index (χ3n) is 6.94. The zero-order valence-corrected chi connectivity index (χ0v) is 16.3. The molecule has 2 unspecified atom stereocenters. The second-order valence-corrected chi connectivity index (χ2v) is 8.82. The quantitative estimate of drug-likeness (QED) is 0.794. The molecule has 1 saturated heterocycles. The van der Waals surface area contributed by atoms with Gasteiger partial charge in [-0.25, -0.2) is 0 Å². The van der Waals surface area contributed by atoms with Gasteiger partial charge in [-0.15, -0.1) is 0 Å². The first-order chi connectivity index (χ1) is 13.7. The van der Waals surface area contributed by atoms with Crippen molar-refractivity contribution in [1.29, 1.82) is 0 Å².